The number of nitro groups is 1. The molecule has 0 spiro atoms. The largest absolute Gasteiger partial charge is 0.269 e. The molecular formula is C10H9FN2O2. The molecule has 4 nitrogen and oxygen atoms in total. The molecule has 0 atom stereocenters. The second-order valence-electron chi connectivity index (χ2n) is 3.66. The zero-order valence-electron chi connectivity index (χ0n) is 8.32. The number of nitriles is 1. The van der Waals surface area contributed by atoms with Crippen molar-refractivity contribution in [1.82, 2.24) is 0 Å². The predicted octanol–water partition coefficient (Wildman–Crippen LogP) is 2.54. The fraction of sp³-hybridized carbons (Fsp3) is 0.300. The lowest BCUT2D eigenvalue weighted by Crippen LogP contribution is -2.16. The van der Waals surface area contributed by atoms with Gasteiger partial charge in [0.1, 0.15) is 5.82 Å². The SMILES string of the molecule is CC(C)(C#N)c1cc([N+](=O)[O-])ccc1F. The van der Waals surface area contributed by atoms with Crippen LogP contribution in [0.2, 0.25) is 0 Å². The van der Waals surface area contributed by atoms with Crippen molar-refractivity contribution in [3.63, 3.8) is 0 Å². The second-order valence-corrected chi connectivity index (χ2v) is 3.66. The molecule has 1 aromatic rings. The van der Waals surface area contributed by atoms with Crippen molar-refractivity contribution in [1.29, 1.82) is 5.26 Å². The molecule has 0 saturated heterocycles. The molecule has 78 valence electrons. The van der Waals surface area contributed by atoms with Gasteiger partial charge in [-0.3, -0.25) is 10.1 Å². The lowest BCUT2D eigenvalue weighted by Gasteiger charge is -2.15. The van der Waals surface area contributed by atoms with Crippen LogP contribution in [-0.4, -0.2) is 4.92 Å². The van der Waals surface area contributed by atoms with E-state index in [2.05, 4.69) is 0 Å². The molecule has 1 rings (SSSR count). The van der Waals surface area contributed by atoms with Gasteiger partial charge in [0.05, 0.1) is 16.4 Å². The Hall–Kier alpha value is -1.96. The van der Waals surface area contributed by atoms with Gasteiger partial charge in [0.25, 0.3) is 5.69 Å². The average molecular weight is 208 g/mol. The summed E-state index contributed by atoms with van der Waals surface area (Å²) in [7, 11) is 0. The molecule has 0 N–H and O–H groups in total. The third-order valence-electron chi connectivity index (χ3n) is 2.11. The van der Waals surface area contributed by atoms with E-state index in [9.17, 15) is 14.5 Å². The van der Waals surface area contributed by atoms with Gasteiger partial charge in [0.15, 0.2) is 0 Å². The van der Waals surface area contributed by atoms with E-state index in [1.165, 1.54) is 13.8 Å². The Labute approximate surface area is 86.1 Å². The van der Waals surface area contributed by atoms with Crippen molar-refractivity contribution < 1.29 is 9.31 Å². The van der Waals surface area contributed by atoms with E-state index in [1.807, 2.05) is 6.07 Å². The number of hydrogen-bond acceptors (Lipinski definition) is 3. The van der Waals surface area contributed by atoms with Crippen LogP contribution >= 0.6 is 0 Å². The number of non-ortho nitro benzene ring substituents is 1. The molecule has 0 heterocycles. The molecule has 0 saturated carbocycles. The molecule has 0 aromatic heterocycles. The Bertz CT molecular complexity index is 449. The Morgan fingerprint density at radius 1 is 1.53 bits per heavy atom. The van der Waals surface area contributed by atoms with Gasteiger partial charge in [-0.1, -0.05) is 0 Å². The minimum absolute atomic E-state index is 0.0409. The number of hydrogen-bond donors (Lipinski definition) is 0. The van der Waals surface area contributed by atoms with Crippen LogP contribution in [-0.2, 0) is 5.41 Å². The van der Waals surface area contributed by atoms with E-state index in [4.69, 9.17) is 5.26 Å². The van der Waals surface area contributed by atoms with Crippen LogP contribution in [0.25, 0.3) is 0 Å². The van der Waals surface area contributed by atoms with Gasteiger partial charge in [0, 0.05) is 17.7 Å². The molecule has 1 aromatic carbocycles. The predicted molar refractivity (Wildman–Crippen MR) is 51.7 cm³/mol. The van der Waals surface area contributed by atoms with Crippen LogP contribution in [0.4, 0.5) is 10.1 Å². The fourth-order valence-electron chi connectivity index (χ4n) is 1.17. The minimum atomic E-state index is -1.07. The molecule has 5 heteroatoms. The summed E-state index contributed by atoms with van der Waals surface area (Å²) in [5.41, 5.74) is -1.25. The maximum atomic E-state index is 13.3. The van der Waals surface area contributed by atoms with Gasteiger partial charge in [-0.05, 0) is 19.9 Å². The molecule has 0 aliphatic rings. The molecule has 0 fully saturated rings. The van der Waals surface area contributed by atoms with Crippen molar-refractivity contribution in [2.45, 2.75) is 19.3 Å². The quantitative estimate of drug-likeness (QED) is 0.554. The van der Waals surface area contributed by atoms with Crippen molar-refractivity contribution >= 4 is 5.69 Å². The number of nitro benzene ring substituents is 1. The van der Waals surface area contributed by atoms with E-state index in [-0.39, 0.29) is 11.3 Å². The summed E-state index contributed by atoms with van der Waals surface area (Å²) in [6, 6.07) is 5.08. The summed E-state index contributed by atoms with van der Waals surface area (Å²) in [6.45, 7) is 3.02. The maximum absolute atomic E-state index is 13.3. The highest BCUT2D eigenvalue weighted by Gasteiger charge is 2.25. The van der Waals surface area contributed by atoms with Crippen LogP contribution in [0.1, 0.15) is 19.4 Å². The molecule has 0 radical (unpaired) electrons. The minimum Gasteiger partial charge on any atom is -0.258 e. The highest BCUT2D eigenvalue weighted by molar-refractivity contribution is 5.41. The van der Waals surface area contributed by atoms with E-state index >= 15 is 0 Å². The highest BCUT2D eigenvalue weighted by atomic mass is 19.1. The first-order chi connectivity index (χ1) is 6.88. The van der Waals surface area contributed by atoms with Crippen molar-refractivity contribution in [2.75, 3.05) is 0 Å². The Morgan fingerprint density at radius 3 is 2.60 bits per heavy atom. The molecule has 15 heavy (non-hydrogen) atoms. The standard InChI is InChI=1S/C10H9FN2O2/c1-10(2,6-12)8-5-7(13(14)15)3-4-9(8)11/h3-5H,1-2H3. The topological polar surface area (TPSA) is 66.9 Å². The summed E-state index contributed by atoms with van der Waals surface area (Å²) in [4.78, 5) is 9.87. The maximum Gasteiger partial charge on any atom is 0.269 e. The molecule has 0 aliphatic heterocycles. The van der Waals surface area contributed by atoms with Crippen LogP contribution in [0.3, 0.4) is 0 Å². The van der Waals surface area contributed by atoms with E-state index in [0.29, 0.717) is 0 Å². The summed E-state index contributed by atoms with van der Waals surface area (Å²) < 4.78 is 13.3. The Balaban J connectivity index is 3.36. The smallest absolute Gasteiger partial charge is 0.258 e. The summed E-state index contributed by atoms with van der Waals surface area (Å²) >= 11 is 0. The first-order valence-electron chi connectivity index (χ1n) is 4.24. The number of benzene rings is 1. The first-order valence-corrected chi connectivity index (χ1v) is 4.24. The van der Waals surface area contributed by atoms with Gasteiger partial charge >= 0.3 is 0 Å². The summed E-state index contributed by atoms with van der Waals surface area (Å²) in [5.74, 6) is -0.604. The van der Waals surface area contributed by atoms with Gasteiger partial charge in [0.2, 0.25) is 0 Å². The van der Waals surface area contributed by atoms with Gasteiger partial charge in [-0.15, -0.1) is 0 Å². The van der Waals surface area contributed by atoms with Crippen LogP contribution < -0.4 is 0 Å². The van der Waals surface area contributed by atoms with Crippen molar-refractivity contribution in [3.05, 3.63) is 39.7 Å². The van der Waals surface area contributed by atoms with Gasteiger partial charge in [-0.25, -0.2) is 4.39 Å². The fourth-order valence-corrected chi connectivity index (χ4v) is 1.17. The Morgan fingerprint density at radius 2 is 2.13 bits per heavy atom. The van der Waals surface area contributed by atoms with Crippen molar-refractivity contribution in [3.8, 4) is 6.07 Å². The summed E-state index contributed by atoms with van der Waals surface area (Å²) in [5, 5.41) is 19.3. The normalized spacial score (nSPS) is 10.8. The van der Waals surface area contributed by atoms with Crippen LogP contribution in [0, 0.1) is 27.3 Å². The lowest BCUT2D eigenvalue weighted by molar-refractivity contribution is -0.385. The lowest BCUT2D eigenvalue weighted by atomic mass is 9.86. The summed E-state index contributed by atoms with van der Waals surface area (Å²) in [6.07, 6.45) is 0. The van der Waals surface area contributed by atoms with E-state index in [0.717, 1.165) is 18.2 Å². The average Bonchev–Trinajstić information content (AvgIpc) is 2.17. The van der Waals surface area contributed by atoms with Gasteiger partial charge < -0.3 is 0 Å². The zero-order valence-corrected chi connectivity index (χ0v) is 8.32. The molecule has 0 aliphatic carbocycles. The van der Waals surface area contributed by atoms with Crippen molar-refractivity contribution in [2.24, 2.45) is 0 Å². The molecule has 0 bridgehead atoms. The van der Waals surface area contributed by atoms with E-state index in [1.54, 1.807) is 0 Å². The number of rotatable bonds is 2. The molecule has 0 unspecified atom stereocenters. The highest BCUT2D eigenvalue weighted by Crippen LogP contribution is 2.28. The van der Waals surface area contributed by atoms with Gasteiger partial charge in [-0.2, -0.15) is 5.26 Å². The van der Waals surface area contributed by atoms with E-state index < -0.39 is 16.2 Å². The van der Waals surface area contributed by atoms with Crippen LogP contribution in [0.5, 0.6) is 0 Å². The molecular weight excluding hydrogens is 199 g/mol. The monoisotopic (exact) mass is 208 g/mol. The van der Waals surface area contributed by atoms with Crippen LogP contribution in [0.15, 0.2) is 18.2 Å². The first kappa shape index (κ1) is 11.1. The third-order valence-corrected chi connectivity index (χ3v) is 2.11. The third kappa shape index (κ3) is 2.10. The zero-order chi connectivity index (χ0) is 11.6. The number of halogens is 1. The number of nitrogens with zero attached hydrogens (tertiary/aromatic N) is 2. The second kappa shape index (κ2) is 3.65. The Kier molecular flexibility index (Phi) is 2.71. The molecule has 0 amide bonds.